The highest BCUT2D eigenvalue weighted by Gasteiger charge is 2.35. The molecule has 1 fully saturated rings. The van der Waals surface area contributed by atoms with Crippen molar-refractivity contribution >= 4 is 29.6 Å². The standard InChI is InChI=1S/C39H42N4O3/c44-29-42(36-19-10-8-17-34(36)31-14-5-2-6-15-31)37(39(46)40-24-21-30-12-3-1-4-13-30)20-11-25-41-26-22-33(23-27-41)43-35-18-9-7-16-32(35)28-38(43)45/h1-10,12-19,29,33,37H,11,20-28H2,(H,40,46)/t37-/m0/s1. The lowest BCUT2D eigenvalue weighted by Crippen LogP contribution is -2.48. The molecule has 2 aliphatic rings. The third-order valence-corrected chi connectivity index (χ3v) is 9.31. The van der Waals surface area contributed by atoms with Crippen molar-refractivity contribution in [3.63, 3.8) is 0 Å². The molecule has 0 aliphatic carbocycles. The first-order chi connectivity index (χ1) is 22.6. The molecular formula is C39H42N4O3. The molecule has 236 valence electrons. The van der Waals surface area contributed by atoms with E-state index >= 15 is 0 Å². The van der Waals surface area contributed by atoms with Crippen molar-refractivity contribution in [1.29, 1.82) is 0 Å². The number of benzene rings is 4. The molecule has 0 bridgehead atoms. The van der Waals surface area contributed by atoms with E-state index in [0.29, 0.717) is 19.4 Å². The van der Waals surface area contributed by atoms with Crippen LogP contribution in [0.15, 0.2) is 109 Å². The zero-order valence-electron chi connectivity index (χ0n) is 26.3. The Morgan fingerprint density at radius 3 is 2.30 bits per heavy atom. The molecule has 46 heavy (non-hydrogen) atoms. The number of amides is 3. The molecule has 7 nitrogen and oxygen atoms in total. The first-order valence-electron chi connectivity index (χ1n) is 16.4. The van der Waals surface area contributed by atoms with Crippen molar-refractivity contribution in [3.8, 4) is 11.1 Å². The maximum Gasteiger partial charge on any atom is 0.243 e. The summed E-state index contributed by atoms with van der Waals surface area (Å²) in [7, 11) is 0. The predicted molar refractivity (Wildman–Crippen MR) is 184 cm³/mol. The van der Waals surface area contributed by atoms with Gasteiger partial charge in [-0.2, -0.15) is 0 Å². The summed E-state index contributed by atoms with van der Waals surface area (Å²) in [6, 6.07) is 35.6. The quantitative estimate of drug-likeness (QED) is 0.191. The molecule has 0 unspecified atom stereocenters. The number of hydrogen-bond donors (Lipinski definition) is 1. The number of likely N-dealkylation sites (tertiary alicyclic amines) is 1. The van der Waals surface area contributed by atoms with Crippen LogP contribution in [-0.4, -0.2) is 61.4 Å². The number of carbonyl (C=O) groups excluding carboxylic acids is 3. The number of carbonyl (C=O) groups is 3. The Hall–Kier alpha value is -4.75. The summed E-state index contributed by atoms with van der Waals surface area (Å²) >= 11 is 0. The Balaban J connectivity index is 1.12. The molecule has 2 heterocycles. The highest BCUT2D eigenvalue weighted by atomic mass is 16.2. The van der Waals surface area contributed by atoms with Crippen molar-refractivity contribution in [2.45, 2.75) is 50.6 Å². The van der Waals surface area contributed by atoms with Gasteiger partial charge in [-0.25, -0.2) is 0 Å². The molecule has 2 aliphatic heterocycles. The van der Waals surface area contributed by atoms with Crippen LogP contribution in [0.2, 0.25) is 0 Å². The van der Waals surface area contributed by atoms with Crippen LogP contribution in [0, 0.1) is 0 Å². The number of anilines is 2. The van der Waals surface area contributed by atoms with Gasteiger partial charge in [0, 0.05) is 36.9 Å². The summed E-state index contributed by atoms with van der Waals surface area (Å²) < 4.78 is 0. The third-order valence-electron chi connectivity index (χ3n) is 9.31. The molecule has 0 spiro atoms. The summed E-state index contributed by atoms with van der Waals surface area (Å²) in [6.07, 6.45) is 5.18. The molecule has 1 saturated heterocycles. The number of para-hydroxylation sites is 2. The van der Waals surface area contributed by atoms with Crippen molar-refractivity contribution in [2.24, 2.45) is 0 Å². The first-order valence-corrected chi connectivity index (χ1v) is 16.4. The maximum absolute atomic E-state index is 13.8. The van der Waals surface area contributed by atoms with Crippen LogP contribution in [0.5, 0.6) is 0 Å². The van der Waals surface area contributed by atoms with Gasteiger partial charge in [-0.1, -0.05) is 97.1 Å². The highest BCUT2D eigenvalue weighted by Crippen LogP contribution is 2.34. The van der Waals surface area contributed by atoms with Gasteiger partial charge >= 0.3 is 0 Å². The maximum atomic E-state index is 13.8. The van der Waals surface area contributed by atoms with Gasteiger partial charge in [0.2, 0.25) is 18.2 Å². The second kappa shape index (κ2) is 15.0. The number of rotatable bonds is 13. The highest BCUT2D eigenvalue weighted by molar-refractivity contribution is 6.02. The molecule has 0 radical (unpaired) electrons. The van der Waals surface area contributed by atoms with Gasteiger partial charge in [0.1, 0.15) is 6.04 Å². The van der Waals surface area contributed by atoms with Crippen LogP contribution in [0.4, 0.5) is 11.4 Å². The zero-order valence-corrected chi connectivity index (χ0v) is 26.3. The summed E-state index contributed by atoms with van der Waals surface area (Å²) in [5.41, 5.74) is 5.98. The Labute approximate surface area is 271 Å². The lowest BCUT2D eigenvalue weighted by Gasteiger charge is -2.37. The van der Waals surface area contributed by atoms with Crippen LogP contribution in [0.3, 0.4) is 0 Å². The second-order valence-electron chi connectivity index (χ2n) is 12.2. The summed E-state index contributed by atoms with van der Waals surface area (Å²) in [5, 5.41) is 3.12. The molecule has 0 saturated carbocycles. The van der Waals surface area contributed by atoms with E-state index in [-0.39, 0.29) is 17.9 Å². The minimum absolute atomic E-state index is 0.143. The molecule has 1 N–H and O–H groups in total. The fourth-order valence-electron chi connectivity index (χ4n) is 6.94. The molecular weight excluding hydrogens is 572 g/mol. The largest absolute Gasteiger partial charge is 0.354 e. The van der Waals surface area contributed by atoms with Gasteiger partial charge in [-0.3, -0.25) is 14.4 Å². The topological polar surface area (TPSA) is 73.0 Å². The molecule has 0 aromatic heterocycles. The molecule has 7 heteroatoms. The number of nitrogens with zero attached hydrogens (tertiary/aromatic N) is 3. The molecule has 4 aromatic carbocycles. The lowest BCUT2D eigenvalue weighted by molar-refractivity contribution is -0.124. The van der Waals surface area contributed by atoms with Crippen molar-refractivity contribution in [3.05, 3.63) is 120 Å². The van der Waals surface area contributed by atoms with E-state index in [2.05, 4.69) is 34.5 Å². The zero-order chi connectivity index (χ0) is 31.7. The van der Waals surface area contributed by atoms with Crippen molar-refractivity contribution in [1.82, 2.24) is 10.2 Å². The third kappa shape index (κ3) is 7.21. The number of hydrogen-bond acceptors (Lipinski definition) is 4. The Kier molecular flexibility index (Phi) is 10.2. The molecule has 1 atom stereocenters. The Morgan fingerprint density at radius 2 is 1.54 bits per heavy atom. The van der Waals surface area contributed by atoms with Crippen LogP contribution in [-0.2, 0) is 27.2 Å². The van der Waals surface area contributed by atoms with Gasteiger partial charge < -0.3 is 20.0 Å². The molecule has 4 aromatic rings. The summed E-state index contributed by atoms with van der Waals surface area (Å²) in [5.74, 6) is 0.0568. The van der Waals surface area contributed by atoms with E-state index < -0.39 is 6.04 Å². The van der Waals surface area contributed by atoms with E-state index in [1.807, 2.05) is 89.8 Å². The van der Waals surface area contributed by atoms with Gasteiger partial charge in [0.05, 0.1) is 12.1 Å². The summed E-state index contributed by atoms with van der Waals surface area (Å²) in [6.45, 7) is 3.13. The van der Waals surface area contributed by atoms with Crippen LogP contribution >= 0.6 is 0 Å². The van der Waals surface area contributed by atoms with Crippen molar-refractivity contribution in [2.75, 3.05) is 36.0 Å². The lowest BCUT2D eigenvalue weighted by atomic mass is 10.00. The van der Waals surface area contributed by atoms with E-state index in [0.717, 1.165) is 85.4 Å². The van der Waals surface area contributed by atoms with Crippen LogP contribution in [0.1, 0.15) is 36.8 Å². The van der Waals surface area contributed by atoms with Gasteiger partial charge in [-0.15, -0.1) is 0 Å². The first kappa shape index (κ1) is 31.2. The number of piperidine rings is 1. The minimum atomic E-state index is -0.644. The molecule has 3 amide bonds. The number of nitrogens with one attached hydrogen (secondary N) is 1. The van der Waals surface area contributed by atoms with Crippen LogP contribution < -0.4 is 15.1 Å². The smallest absolute Gasteiger partial charge is 0.243 e. The average Bonchev–Trinajstić information content (AvgIpc) is 3.44. The Morgan fingerprint density at radius 1 is 0.870 bits per heavy atom. The van der Waals surface area contributed by atoms with E-state index in [1.165, 1.54) is 0 Å². The SMILES string of the molecule is O=CN(c1ccccc1-c1ccccc1)[C@@H](CCCN1CCC(N2C(=O)Cc3ccccc32)CC1)C(=O)NCCc1ccccc1. The van der Waals surface area contributed by atoms with E-state index in [4.69, 9.17) is 0 Å². The van der Waals surface area contributed by atoms with Gasteiger partial charge in [0.15, 0.2) is 0 Å². The van der Waals surface area contributed by atoms with E-state index in [1.54, 1.807) is 4.90 Å². The number of fused-ring (bicyclic) bond motifs is 1. The average molecular weight is 615 g/mol. The fourth-order valence-corrected chi connectivity index (χ4v) is 6.94. The van der Waals surface area contributed by atoms with Gasteiger partial charge in [0.25, 0.3) is 0 Å². The normalized spacial score (nSPS) is 15.7. The molecule has 6 rings (SSSR count). The van der Waals surface area contributed by atoms with Gasteiger partial charge in [-0.05, 0) is 67.5 Å². The second-order valence-corrected chi connectivity index (χ2v) is 12.2. The van der Waals surface area contributed by atoms with Crippen molar-refractivity contribution < 1.29 is 14.4 Å². The van der Waals surface area contributed by atoms with E-state index in [9.17, 15) is 14.4 Å². The Bertz CT molecular complexity index is 1620. The van der Waals surface area contributed by atoms with Crippen LogP contribution in [0.25, 0.3) is 11.1 Å². The predicted octanol–water partition coefficient (Wildman–Crippen LogP) is 5.88. The monoisotopic (exact) mass is 614 g/mol. The summed E-state index contributed by atoms with van der Waals surface area (Å²) in [4.78, 5) is 45.5. The fraction of sp³-hybridized carbons (Fsp3) is 0.308. The minimum Gasteiger partial charge on any atom is -0.354 e.